The Kier molecular flexibility index (Phi) is 4.44. The lowest BCUT2D eigenvalue weighted by Gasteiger charge is -2.07. The number of benzene rings is 1. The molecule has 1 aromatic carbocycles. The van der Waals surface area contributed by atoms with E-state index < -0.39 is 0 Å². The van der Waals surface area contributed by atoms with Crippen molar-refractivity contribution in [1.82, 2.24) is 19.9 Å². The summed E-state index contributed by atoms with van der Waals surface area (Å²) in [6.45, 7) is 2.34. The number of imidazole rings is 1. The van der Waals surface area contributed by atoms with Crippen LogP contribution in [0.2, 0.25) is 5.15 Å². The van der Waals surface area contributed by atoms with E-state index in [4.69, 9.17) is 11.6 Å². The fourth-order valence-corrected chi connectivity index (χ4v) is 3.50. The molecule has 0 fully saturated rings. The van der Waals surface area contributed by atoms with Gasteiger partial charge in [0.15, 0.2) is 5.65 Å². The van der Waals surface area contributed by atoms with Crippen LogP contribution in [0.25, 0.3) is 16.9 Å². The summed E-state index contributed by atoms with van der Waals surface area (Å²) in [4.78, 5) is 17.7. The quantitative estimate of drug-likeness (QED) is 0.570. The predicted octanol–water partition coefficient (Wildman–Crippen LogP) is 4.35. The van der Waals surface area contributed by atoms with Gasteiger partial charge in [0.25, 0.3) is 5.91 Å². The number of nitrogens with zero attached hydrogens (tertiary/aromatic N) is 3. The van der Waals surface area contributed by atoms with Crippen LogP contribution < -0.4 is 5.32 Å². The molecule has 4 rings (SSSR count). The van der Waals surface area contributed by atoms with Gasteiger partial charge in [-0.2, -0.15) is 5.10 Å². The van der Waals surface area contributed by atoms with Crippen molar-refractivity contribution in [3.8, 4) is 11.3 Å². The maximum atomic E-state index is 12.3. The van der Waals surface area contributed by atoms with Crippen LogP contribution in [0.3, 0.4) is 0 Å². The van der Waals surface area contributed by atoms with E-state index in [1.165, 1.54) is 16.9 Å². The number of aromatic nitrogens is 3. The van der Waals surface area contributed by atoms with Crippen LogP contribution in [0.15, 0.2) is 53.9 Å². The molecule has 0 radical (unpaired) electrons. The third-order valence-corrected chi connectivity index (χ3v) is 5.09. The Labute approximate surface area is 159 Å². The van der Waals surface area contributed by atoms with Gasteiger partial charge in [-0.05, 0) is 30.5 Å². The Morgan fingerprint density at radius 2 is 2.00 bits per heavy atom. The van der Waals surface area contributed by atoms with Gasteiger partial charge in [0.1, 0.15) is 5.15 Å². The lowest BCUT2D eigenvalue weighted by molar-refractivity contribution is 0.0954. The van der Waals surface area contributed by atoms with Crippen LogP contribution in [0.4, 0.5) is 0 Å². The van der Waals surface area contributed by atoms with Crippen molar-refractivity contribution in [3.63, 3.8) is 0 Å². The maximum absolute atomic E-state index is 12.3. The summed E-state index contributed by atoms with van der Waals surface area (Å²) in [6, 6.07) is 15.3. The zero-order chi connectivity index (χ0) is 18.1. The predicted molar refractivity (Wildman–Crippen MR) is 104 cm³/mol. The number of hydrogen-bond donors (Lipinski definition) is 1. The van der Waals surface area contributed by atoms with Crippen molar-refractivity contribution in [2.24, 2.45) is 0 Å². The molecular weight excluding hydrogens is 368 g/mol. The number of hydrogen-bond acceptors (Lipinski definition) is 4. The molecule has 0 aliphatic carbocycles. The van der Waals surface area contributed by atoms with E-state index in [0.717, 1.165) is 17.0 Å². The highest BCUT2D eigenvalue weighted by Gasteiger charge is 2.17. The number of halogens is 1. The molecule has 0 saturated heterocycles. The number of amides is 1. The average Bonchev–Trinajstić information content (AvgIpc) is 3.28. The van der Waals surface area contributed by atoms with Crippen molar-refractivity contribution in [2.75, 3.05) is 0 Å². The molecule has 0 aliphatic heterocycles. The Bertz CT molecular complexity index is 1070. The molecule has 1 amide bonds. The zero-order valence-corrected chi connectivity index (χ0v) is 15.5. The van der Waals surface area contributed by atoms with Gasteiger partial charge in [0.2, 0.25) is 0 Å². The van der Waals surface area contributed by atoms with E-state index in [1.807, 2.05) is 48.7 Å². The number of nitrogens with one attached hydrogen (secondary N) is 1. The topological polar surface area (TPSA) is 59.3 Å². The molecule has 130 valence electrons. The van der Waals surface area contributed by atoms with E-state index in [0.29, 0.717) is 22.2 Å². The second-order valence-electron chi connectivity index (χ2n) is 5.86. The molecule has 3 heterocycles. The first-order chi connectivity index (χ1) is 12.6. The molecule has 0 unspecified atom stereocenters. The number of rotatable bonds is 4. The minimum absolute atomic E-state index is 0.119. The first kappa shape index (κ1) is 16.8. The van der Waals surface area contributed by atoms with Crippen molar-refractivity contribution in [2.45, 2.75) is 13.5 Å². The van der Waals surface area contributed by atoms with Crippen molar-refractivity contribution < 1.29 is 4.79 Å². The van der Waals surface area contributed by atoms with Crippen LogP contribution in [-0.4, -0.2) is 20.5 Å². The zero-order valence-electron chi connectivity index (χ0n) is 13.9. The maximum Gasteiger partial charge on any atom is 0.261 e. The smallest absolute Gasteiger partial charge is 0.261 e. The van der Waals surface area contributed by atoms with Gasteiger partial charge >= 0.3 is 0 Å². The van der Waals surface area contributed by atoms with E-state index in [9.17, 15) is 4.79 Å². The largest absolute Gasteiger partial charge is 0.346 e. The molecule has 0 saturated carbocycles. The average molecular weight is 383 g/mol. The minimum Gasteiger partial charge on any atom is -0.346 e. The Hall–Kier alpha value is -2.70. The van der Waals surface area contributed by atoms with Gasteiger partial charge < -0.3 is 5.32 Å². The summed E-state index contributed by atoms with van der Waals surface area (Å²) in [7, 11) is 0. The number of fused-ring (bicyclic) bond motifs is 1. The van der Waals surface area contributed by atoms with Crippen molar-refractivity contribution in [1.29, 1.82) is 0 Å². The third-order valence-electron chi connectivity index (χ3n) is 4.02. The fourth-order valence-electron chi connectivity index (χ4n) is 2.72. The number of carbonyl (C=O) groups excluding carboxylic acids is 1. The normalized spacial score (nSPS) is 11.0. The minimum atomic E-state index is -0.119. The van der Waals surface area contributed by atoms with Gasteiger partial charge in [0.05, 0.1) is 22.8 Å². The molecule has 0 aliphatic rings. The molecule has 5 nitrogen and oxygen atoms in total. The van der Waals surface area contributed by atoms with E-state index in [1.54, 1.807) is 16.6 Å². The van der Waals surface area contributed by atoms with Gasteiger partial charge in [-0.15, -0.1) is 11.3 Å². The molecule has 0 atom stereocenters. The van der Waals surface area contributed by atoms with Crippen LogP contribution in [0.5, 0.6) is 0 Å². The lowest BCUT2D eigenvalue weighted by atomic mass is 10.1. The van der Waals surface area contributed by atoms with Gasteiger partial charge in [0, 0.05) is 5.56 Å². The first-order valence-corrected chi connectivity index (χ1v) is 9.30. The molecule has 0 spiro atoms. The molecule has 7 heteroatoms. The fraction of sp³-hybridized carbons (Fsp3) is 0.105. The van der Waals surface area contributed by atoms with E-state index >= 15 is 0 Å². The first-order valence-electron chi connectivity index (χ1n) is 8.05. The second-order valence-corrected chi connectivity index (χ2v) is 7.19. The molecule has 1 N–H and O–H groups in total. The van der Waals surface area contributed by atoms with Crippen LogP contribution >= 0.6 is 22.9 Å². The Morgan fingerprint density at radius 3 is 2.73 bits per heavy atom. The molecule has 26 heavy (non-hydrogen) atoms. The summed E-state index contributed by atoms with van der Waals surface area (Å²) in [5.74, 6) is -0.119. The van der Waals surface area contributed by atoms with Gasteiger partial charge in [-0.25, -0.2) is 9.50 Å². The standard InChI is InChI=1S/C19H15ClN4OS/c1-12-4-6-13(7-5-12)18-14(11-21-19(25)15-3-2-10-26-15)24-17(22-18)9-8-16(20)23-24/h2-10H,11H2,1H3,(H,21,25). The molecular formula is C19H15ClN4OS. The number of carbonyl (C=O) groups is 1. The van der Waals surface area contributed by atoms with Crippen LogP contribution in [0.1, 0.15) is 20.9 Å². The summed E-state index contributed by atoms with van der Waals surface area (Å²) in [5.41, 5.74) is 4.40. The highest BCUT2D eigenvalue weighted by molar-refractivity contribution is 7.12. The van der Waals surface area contributed by atoms with E-state index in [-0.39, 0.29) is 5.91 Å². The van der Waals surface area contributed by atoms with Crippen LogP contribution in [-0.2, 0) is 6.54 Å². The SMILES string of the molecule is Cc1ccc(-c2nc3ccc(Cl)nn3c2CNC(=O)c2cccs2)cc1. The highest BCUT2D eigenvalue weighted by Crippen LogP contribution is 2.25. The van der Waals surface area contributed by atoms with E-state index in [2.05, 4.69) is 15.4 Å². The highest BCUT2D eigenvalue weighted by atomic mass is 35.5. The Balaban J connectivity index is 1.75. The third kappa shape index (κ3) is 3.21. The second kappa shape index (κ2) is 6.90. The van der Waals surface area contributed by atoms with Crippen LogP contribution in [0, 0.1) is 6.92 Å². The number of aryl methyl sites for hydroxylation is 1. The van der Waals surface area contributed by atoms with Crippen molar-refractivity contribution >= 4 is 34.5 Å². The summed E-state index contributed by atoms with van der Waals surface area (Å²) in [5, 5.41) is 9.55. The molecule has 0 bridgehead atoms. The van der Waals surface area contributed by atoms with Gasteiger partial charge in [-0.3, -0.25) is 4.79 Å². The Morgan fingerprint density at radius 1 is 1.19 bits per heavy atom. The monoisotopic (exact) mass is 382 g/mol. The van der Waals surface area contributed by atoms with Crippen molar-refractivity contribution in [3.05, 3.63) is 75.2 Å². The summed E-state index contributed by atoms with van der Waals surface area (Å²) < 4.78 is 1.69. The summed E-state index contributed by atoms with van der Waals surface area (Å²) >= 11 is 7.47. The lowest BCUT2D eigenvalue weighted by Crippen LogP contribution is -2.23. The molecule has 3 aromatic heterocycles. The molecule has 4 aromatic rings. The number of thiophene rings is 1. The summed E-state index contributed by atoms with van der Waals surface area (Å²) in [6.07, 6.45) is 0. The van der Waals surface area contributed by atoms with Gasteiger partial charge in [-0.1, -0.05) is 47.5 Å².